The Morgan fingerprint density at radius 2 is 2.00 bits per heavy atom. The lowest BCUT2D eigenvalue weighted by atomic mass is 10.2. The number of oxime groups is 1. The molecule has 0 fully saturated rings. The number of benzene rings is 1. The van der Waals surface area contributed by atoms with Crippen LogP contribution in [0.1, 0.15) is 27.7 Å². The molecule has 0 saturated carbocycles. The molecule has 1 aromatic carbocycles. The lowest BCUT2D eigenvalue weighted by Crippen LogP contribution is -2.14. The highest BCUT2D eigenvalue weighted by molar-refractivity contribution is 6.03. The topological polar surface area (TPSA) is 114 Å². The van der Waals surface area contributed by atoms with Crippen LogP contribution in [-0.2, 0) is 0 Å². The van der Waals surface area contributed by atoms with Crippen LogP contribution in [0.25, 0.3) is 0 Å². The summed E-state index contributed by atoms with van der Waals surface area (Å²) in [6.07, 6.45) is 0. The predicted molar refractivity (Wildman–Crippen MR) is 72.9 cm³/mol. The molecule has 0 radical (unpaired) electrons. The molecule has 0 bridgehead atoms. The van der Waals surface area contributed by atoms with Crippen LogP contribution in [-0.4, -0.2) is 21.9 Å². The van der Waals surface area contributed by atoms with Gasteiger partial charge in [0.1, 0.15) is 0 Å². The molecule has 0 atom stereocenters. The zero-order chi connectivity index (χ0) is 14.7. The third-order valence-corrected chi connectivity index (χ3v) is 2.66. The molecule has 2 aromatic rings. The highest BCUT2D eigenvalue weighted by Gasteiger charge is 2.15. The van der Waals surface area contributed by atoms with E-state index in [-0.39, 0.29) is 17.5 Å². The first-order valence-electron chi connectivity index (χ1n) is 5.84. The minimum absolute atomic E-state index is 0.00424. The second-order valence-electron chi connectivity index (χ2n) is 4.16. The number of hydrogen-bond donors (Lipinski definition) is 3. The second kappa shape index (κ2) is 5.43. The number of carbonyl (C=O) groups excluding carboxylic acids is 1. The van der Waals surface area contributed by atoms with Gasteiger partial charge < -0.3 is 20.7 Å². The van der Waals surface area contributed by atoms with Gasteiger partial charge in [-0.05, 0) is 31.2 Å². The maximum absolute atomic E-state index is 12.0. The van der Waals surface area contributed by atoms with Crippen molar-refractivity contribution in [1.82, 2.24) is 4.98 Å². The van der Waals surface area contributed by atoms with E-state index in [1.807, 2.05) is 0 Å². The standard InChI is InChI=1S/C13H14N4O3/c1-7-11(20-8(2)15-7)13(18)16-10-5-3-9(4-6-10)12(14)17-19/h3-6,19H,1-2H3,(H2,14,17)(H,16,18). The fraction of sp³-hybridized carbons (Fsp3) is 0.154. The fourth-order valence-corrected chi connectivity index (χ4v) is 1.71. The molecule has 0 aliphatic carbocycles. The molecule has 0 aliphatic rings. The number of amides is 1. The number of aryl methyl sites for hydroxylation is 2. The lowest BCUT2D eigenvalue weighted by Gasteiger charge is -2.04. The molecule has 104 valence electrons. The third kappa shape index (κ3) is 2.77. The van der Waals surface area contributed by atoms with Crippen molar-refractivity contribution in [3.8, 4) is 0 Å². The minimum atomic E-state index is -0.375. The number of nitrogens with two attached hydrogens (primary N) is 1. The van der Waals surface area contributed by atoms with Gasteiger partial charge in [-0.15, -0.1) is 0 Å². The van der Waals surface area contributed by atoms with E-state index >= 15 is 0 Å². The van der Waals surface area contributed by atoms with Crippen LogP contribution in [0.4, 0.5) is 5.69 Å². The summed E-state index contributed by atoms with van der Waals surface area (Å²) in [6, 6.07) is 6.54. The van der Waals surface area contributed by atoms with Gasteiger partial charge in [0.2, 0.25) is 5.76 Å². The smallest absolute Gasteiger partial charge is 0.293 e. The summed E-state index contributed by atoms with van der Waals surface area (Å²) >= 11 is 0. The van der Waals surface area contributed by atoms with Gasteiger partial charge in [-0.1, -0.05) is 5.16 Å². The molecule has 0 spiro atoms. The molecule has 0 saturated heterocycles. The van der Waals surface area contributed by atoms with Crippen molar-refractivity contribution in [3.63, 3.8) is 0 Å². The quantitative estimate of drug-likeness (QED) is 0.341. The molecule has 1 heterocycles. The number of aromatic nitrogens is 1. The first-order valence-corrected chi connectivity index (χ1v) is 5.84. The van der Waals surface area contributed by atoms with Gasteiger partial charge >= 0.3 is 0 Å². The number of nitrogens with one attached hydrogen (secondary N) is 1. The summed E-state index contributed by atoms with van der Waals surface area (Å²) in [4.78, 5) is 16.0. The predicted octanol–water partition coefficient (Wildman–Crippen LogP) is 1.64. The van der Waals surface area contributed by atoms with Crippen LogP contribution in [0.5, 0.6) is 0 Å². The van der Waals surface area contributed by atoms with E-state index in [0.29, 0.717) is 22.8 Å². The van der Waals surface area contributed by atoms with Gasteiger partial charge in [-0.3, -0.25) is 4.79 Å². The van der Waals surface area contributed by atoms with Crippen molar-refractivity contribution >= 4 is 17.4 Å². The second-order valence-corrected chi connectivity index (χ2v) is 4.16. The molecule has 20 heavy (non-hydrogen) atoms. The first-order chi connectivity index (χ1) is 9.51. The Morgan fingerprint density at radius 1 is 1.35 bits per heavy atom. The SMILES string of the molecule is Cc1nc(C)c(C(=O)Nc2ccc(/C(N)=N/O)cc2)o1. The molecule has 0 aliphatic heterocycles. The number of carbonyl (C=O) groups is 1. The molecule has 1 aromatic heterocycles. The van der Waals surface area contributed by atoms with Crippen molar-refractivity contribution in [2.45, 2.75) is 13.8 Å². The number of anilines is 1. The van der Waals surface area contributed by atoms with Gasteiger partial charge in [0.05, 0.1) is 5.69 Å². The molecular formula is C13H14N4O3. The van der Waals surface area contributed by atoms with E-state index in [0.717, 1.165) is 0 Å². The largest absolute Gasteiger partial charge is 0.436 e. The van der Waals surface area contributed by atoms with Crippen LogP contribution < -0.4 is 11.1 Å². The lowest BCUT2D eigenvalue weighted by molar-refractivity contribution is 0.0994. The van der Waals surface area contributed by atoms with Gasteiger partial charge in [-0.2, -0.15) is 0 Å². The van der Waals surface area contributed by atoms with Crippen LogP contribution in [0.2, 0.25) is 0 Å². The van der Waals surface area contributed by atoms with Crippen molar-refractivity contribution < 1.29 is 14.4 Å². The fourth-order valence-electron chi connectivity index (χ4n) is 1.71. The average Bonchev–Trinajstić information content (AvgIpc) is 2.78. The van der Waals surface area contributed by atoms with Crippen molar-refractivity contribution in [1.29, 1.82) is 0 Å². The molecular weight excluding hydrogens is 260 g/mol. The van der Waals surface area contributed by atoms with Crippen LogP contribution in [0, 0.1) is 13.8 Å². The Kier molecular flexibility index (Phi) is 3.69. The molecule has 2 rings (SSSR count). The number of rotatable bonds is 3. The van der Waals surface area contributed by atoms with E-state index < -0.39 is 0 Å². The van der Waals surface area contributed by atoms with Crippen molar-refractivity contribution in [3.05, 3.63) is 47.2 Å². The van der Waals surface area contributed by atoms with Gasteiger partial charge in [0.25, 0.3) is 5.91 Å². The summed E-state index contributed by atoms with van der Waals surface area (Å²) < 4.78 is 5.23. The monoisotopic (exact) mass is 274 g/mol. The third-order valence-electron chi connectivity index (χ3n) is 2.66. The first kappa shape index (κ1) is 13.6. The maximum atomic E-state index is 12.0. The summed E-state index contributed by atoms with van der Waals surface area (Å²) in [6.45, 7) is 3.38. The summed E-state index contributed by atoms with van der Waals surface area (Å²) in [5, 5.41) is 14.1. The van der Waals surface area contributed by atoms with E-state index in [1.165, 1.54) is 0 Å². The van der Waals surface area contributed by atoms with E-state index in [2.05, 4.69) is 15.5 Å². The zero-order valence-corrected chi connectivity index (χ0v) is 11.0. The molecule has 7 heteroatoms. The number of amidine groups is 1. The van der Waals surface area contributed by atoms with Crippen LogP contribution >= 0.6 is 0 Å². The molecule has 7 nitrogen and oxygen atoms in total. The normalized spacial score (nSPS) is 11.4. The summed E-state index contributed by atoms with van der Waals surface area (Å²) in [5.41, 5.74) is 7.10. The van der Waals surface area contributed by atoms with Crippen LogP contribution in [0.3, 0.4) is 0 Å². The maximum Gasteiger partial charge on any atom is 0.293 e. The Balaban J connectivity index is 2.14. The average molecular weight is 274 g/mol. The van der Waals surface area contributed by atoms with Crippen molar-refractivity contribution in [2.75, 3.05) is 5.32 Å². The van der Waals surface area contributed by atoms with Gasteiger partial charge in [0, 0.05) is 18.2 Å². The summed E-state index contributed by atoms with van der Waals surface area (Å²) in [7, 11) is 0. The minimum Gasteiger partial charge on any atom is -0.436 e. The molecule has 0 unspecified atom stereocenters. The van der Waals surface area contributed by atoms with E-state index in [4.69, 9.17) is 15.4 Å². The van der Waals surface area contributed by atoms with Gasteiger partial charge in [0.15, 0.2) is 11.7 Å². The summed E-state index contributed by atoms with van der Waals surface area (Å²) in [5.74, 6) is 0.252. The Labute approximate surface area is 115 Å². The van der Waals surface area contributed by atoms with E-state index in [9.17, 15) is 4.79 Å². The highest BCUT2D eigenvalue weighted by atomic mass is 16.4. The van der Waals surface area contributed by atoms with Crippen LogP contribution in [0.15, 0.2) is 33.8 Å². The number of oxazole rings is 1. The molecule has 1 amide bonds. The zero-order valence-electron chi connectivity index (χ0n) is 11.0. The highest BCUT2D eigenvalue weighted by Crippen LogP contribution is 2.14. The Bertz CT molecular complexity index is 659. The Hall–Kier alpha value is -2.83. The van der Waals surface area contributed by atoms with E-state index in [1.54, 1.807) is 38.1 Å². The van der Waals surface area contributed by atoms with Crippen molar-refractivity contribution in [2.24, 2.45) is 10.9 Å². The molecule has 4 N–H and O–H groups in total. The Morgan fingerprint density at radius 3 is 2.50 bits per heavy atom. The van der Waals surface area contributed by atoms with Gasteiger partial charge in [-0.25, -0.2) is 4.98 Å². The number of hydrogen-bond acceptors (Lipinski definition) is 5. The number of nitrogens with zero attached hydrogens (tertiary/aromatic N) is 2.